The minimum atomic E-state index is 0.352. The van der Waals surface area contributed by atoms with Crippen molar-refractivity contribution in [2.45, 2.75) is 39.5 Å². The van der Waals surface area contributed by atoms with Crippen LogP contribution >= 0.6 is 0 Å². The second-order valence-electron chi connectivity index (χ2n) is 12.8. The van der Waals surface area contributed by atoms with Crippen LogP contribution in [0.15, 0.2) is 138 Å². The van der Waals surface area contributed by atoms with E-state index >= 15 is 0 Å². The van der Waals surface area contributed by atoms with E-state index in [1.165, 1.54) is 27.9 Å². The Kier molecular flexibility index (Phi) is 6.83. The van der Waals surface area contributed by atoms with Crippen molar-refractivity contribution >= 4 is 33.0 Å². The average molecular weight is 597 g/mol. The van der Waals surface area contributed by atoms with Gasteiger partial charge in [0.1, 0.15) is 17.0 Å². The molecule has 8 aromatic rings. The first kappa shape index (κ1) is 28.1. The summed E-state index contributed by atoms with van der Waals surface area (Å²) in [7, 11) is 0. The molecule has 0 bridgehead atoms. The van der Waals surface area contributed by atoms with Gasteiger partial charge in [0.05, 0.1) is 22.3 Å². The monoisotopic (exact) mass is 596 g/mol. The summed E-state index contributed by atoms with van der Waals surface area (Å²) in [5.74, 6) is 1.60. The van der Waals surface area contributed by atoms with Crippen LogP contribution in [0.5, 0.6) is 0 Å². The number of aromatic nitrogens is 2. The fraction of sp³-hybridized carbons (Fsp3) is 0.140. The fourth-order valence-electron chi connectivity index (χ4n) is 6.84. The molecule has 2 heterocycles. The van der Waals surface area contributed by atoms with E-state index in [1.807, 2.05) is 0 Å². The highest BCUT2D eigenvalue weighted by Gasteiger charge is 2.24. The first-order valence-corrected chi connectivity index (χ1v) is 16.2. The predicted octanol–water partition coefficient (Wildman–Crippen LogP) is 12.2. The zero-order valence-electron chi connectivity index (χ0n) is 26.7. The van der Waals surface area contributed by atoms with Crippen molar-refractivity contribution in [2.75, 3.05) is 0 Å². The number of para-hydroxylation sites is 4. The van der Waals surface area contributed by atoms with Gasteiger partial charge in [0.15, 0.2) is 0 Å². The fourth-order valence-corrected chi connectivity index (χ4v) is 6.84. The van der Waals surface area contributed by atoms with E-state index in [0.717, 1.165) is 55.5 Å². The summed E-state index contributed by atoms with van der Waals surface area (Å²) in [6.07, 6.45) is 0. The number of benzene rings is 6. The van der Waals surface area contributed by atoms with Gasteiger partial charge in [-0.2, -0.15) is 0 Å². The van der Waals surface area contributed by atoms with Crippen molar-refractivity contribution in [1.29, 1.82) is 0 Å². The first-order chi connectivity index (χ1) is 22.5. The molecule has 8 rings (SSSR count). The number of hydrogen-bond donors (Lipinski definition) is 0. The number of rotatable bonds is 6. The van der Waals surface area contributed by atoms with Gasteiger partial charge in [-0.3, -0.25) is 4.57 Å². The van der Waals surface area contributed by atoms with Crippen molar-refractivity contribution in [3.8, 4) is 39.3 Å². The number of furan rings is 1. The molecular formula is C43H36N2O. The van der Waals surface area contributed by atoms with Crippen LogP contribution in [0.25, 0.3) is 72.3 Å². The third-order valence-electron chi connectivity index (χ3n) is 9.19. The Balaban J connectivity index is 1.31. The lowest BCUT2D eigenvalue weighted by Gasteiger charge is -2.22. The van der Waals surface area contributed by atoms with E-state index in [2.05, 4.69) is 166 Å². The molecule has 0 saturated heterocycles. The second kappa shape index (κ2) is 11.2. The van der Waals surface area contributed by atoms with Crippen molar-refractivity contribution in [1.82, 2.24) is 9.55 Å². The maximum Gasteiger partial charge on any atom is 0.149 e. The Morgan fingerprint density at radius 2 is 1.15 bits per heavy atom. The Bertz CT molecular complexity index is 2330. The van der Waals surface area contributed by atoms with E-state index < -0.39 is 0 Å². The molecule has 0 spiro atoms. The molecule has 0 aliphatic carbocycles. The van der Waals surface area contributed by atoms with Gasteiger partial charge in [-0.1, -0.05) is 131 Å². The molecular weight excluding hydrogens is 560 g/mol. The van der Waals surface area contributed by atoms with Crippen LogP contribution in [0, 0.1) is 0 Å². The Hall–Kier alpha value is -5.41. The largest absolute Gasteiger partial charge is 0.455 e. The van der Waals surface area contributed by atoms with Gasteiger partial charge >= 0.3 is 0 Å². The van der Waals surface area contributed by atoms with Gasteiger partial charge < -0.3 is 4.42 Å². The highest BCUT2D eigenvalue weighted by molar-refractivity contribution is 6.10. The van der Waals surface area contributed by atoms with Crippen LogP contribution in [0.3, 0.4) is 0 Å². The zero-order chi connectivity index (χ0) is 31.4. The molecule has 0 unspecified atom stereocenters. The molecule has 0 fully saturated rings. The van der Waals surface area contributed by atoms with Crippen molar-refractivity contribution in [2.24, 2.45) is 0 Å². The average Bonchev–Trinajstić information content (AvgIpc) is 3.66. The molecule has 0 amide bonds. The smallest absolute Gasteiger partial charge is 0.149 e. The second-order valence-corrected chi connectivity index (χ2v) is 12.8. The predicted molar refractivity (Wildman–Crippen MR) is 193 cm³/mol. The molecule has 0 aliphatic heterocycles. The van der Waals surface area contributed by atoms with Crippen molar-refractivity contribution in [3.63, 3.8) is 0 Å². The zero-order valence-corrected chi connectivity index (χ0v) is 26.7. The molecule has 3 nitrogen and oxygen atoms in total. The third kappa shape index (κ3) is 4.62. The number of hydrogen-bond acceptors (Lipinski definition) is 2. The summed E-state index contributed by atoms with van der Waals surface area (Å²) in [4.78, 5) is 5.28. The summed E-state index contributed by atoms with van der Waals surface area (Å²) in [6.45, 7) is 9.09. The Morgan fingerprint density at radius 3 is 1.87 bits per heavy atom. The van der Waals surface area contributed by atoms with Crippen molar-refractivity contribution in [3.05, 3.63) is 145 Å². The molecule has 3 heteroatoms. The van der Waals surface area contributed by atoms with E-state index in [9.17, 15) is 0 Å². The molecule has 46 heavy (non-hydrogen) atoms. The lowest BCUT2D eigenvalue weighted by molar-refractivity contribution is 0.669. The summed E-state index contributed by atoms with van der Waals surface area (Å²) in [6, 6.07) is 47.5. The van der Waals surface area contributed by atoms with Gasteiger partial charge in [-0.25, -0.2) is 4.98 Å². The van der Waals surface area contributed by atoms with E-state index in [1.54, 1.807) is 0 Å². The number of nitrogens with zero attached hydrogens (tertiary/aromatic N) is 2. The normalized spacial score (nSPS) is 11.9. The quantitative estimate of drug-likeness (QED) is 0.191. The molecule has 6 aromatic carbocycles. The van der Waals surface area contributed by atoms with E-state index in [-0.39, 0.29) is 0 Å². The summed E-state index contributed by atoms with van der Waals surface area (Å²) >= 11 is 0. The van der Waals surface area contributed by atoms with Gasteiger partial charge in [0.25, 0.3) is 0 Å². The minimum Gasteiger partial charge on any atom is -0.455 e. The molecule has 0 saturated carbocycles. The topological polar surface area (TPSA) is 31.0 Å². The van der Waals surface area contributed by atoms with E-state index in [4.69, 9.17) is 9.40 Å². The lowest BCUT2D eigenvalue weighted by Crippen LogP contribution is -2.08. The third-order valence-corrected chi connectivity index (χ3v) is 9.19. The molecule has 0 atom stereocenters. The highest BCUT2D eigenvalue weighted by atomic mass is 16.3. The minimum absolute atomic E-state index is 0.352. The maximum atomic E-state index is 6.78. The van der Waals surface area contributed by atoms with Gasteiger partial charge in [-0.05, 0) is 75.5 Å². The molecule has 0 aliphatic rings. The van der Waals surface area contributed by atoms with Crippen LogP contribution < -0.4 is 0 Å². The SMILES string of the molecule is CC(C)c1cccc(C(C)C)c1-n1c(-c2cccc3c2oc2cc(-c4ccc(-c5ccccc5)cc4)ccc23)nc2ccccc21. The summed E-state index contributed by atoms with van der Waals surface area (Å²) in [5.41, 5.74) is 13.4. The lowest BCUT2D eigenvalue weighted by atomic mass is 9.92. The summed E-state index contributed by atoms with van der Waals surface area (Å²) < 4.78 is 9.16. The van der Waals surface area contributed by atoms with Gasteiger partial charge in [-0.15, -0.1) is 0 Å². The van der Waals surface area contributed by atoms with Crippen LogP contribution in [-0.2, 0) is 0 Å². The van der Waals surface area contributed by atoms with Crippen LogP contribution in [0.2, 0.25) is 0 Å². The Morgan fingerprint density at radius 1 is 0.543 bits per heavy atom. The highest BCUT2D eigenvalue weighted by Crippen LogP contribution is 2.41. The van der Waals surface area contributed by atoms with Crippen LogP contribution in [-0.4, -0.2) is 9.55 Å². The van der Waals surface area contributed by atoms with Crippen molar-refractivity contribution < 1.29 is 4.42 Å². The van der Waals surface area contributed by atoms with E-state index in [0.29, 0.717) is 11.8 Å². The molecule has 0 N–H and O–H groups in total. The van der Waals surface area contributed by atoms with Crippen LogP contribution in [0.4, 0.5) is 0 Å². The van der Waals surface area contributed by atoms with Gasteiger partial charge in [0.2, 0.25) is 0 Å². The van der Waals surface area contributed by atoms with Gasteiger partial charge in [0, 0.05) is 10.8 Å². The maximum absolute atomic E-state index is 6.78. The Labute approximate surface area is 269 Å². The first-order valence-electron chi connectivity index (χ1n) is 16.2. The number of imidazole rings is 1. The molecule has 224 valence electrons. The molecule has 2 aromatic heterocycles. The standard InChI is InChI=1S/C43H36N2O/c1-27(2)33-14-10-15-34(28(3)4)41(33)45-39-19-9-8-18-38(39)44-43(45)37-17-11-16-36-35-25-24-32(26-40(35)46-42(36)37)31-22-20-30(21-23-31)29-12-6-5-7-13-29/h5-28H,1-4H3. The molecule has 0 radical (unpaired) electrons. The van der Waals surface area contributed by atoms with Crippen LogP contribution in [0.1, 0.15) is 50.7 Å². The summed E-state index contributed by atoms with van der Waals surface area (Å²) in [5, 5.41) is 2.20. The number of fused-ring (bicyclic) bond motifs is 4.